The highest BCUT2D eigenvalue weighted by Crippen LogP contribution is 2.43. The number of fused-ring (bicyclic) bond motifs is 4. The highest BCUT2D eigenvalue weighted by molar-refractivity contribution is 6.01. The van der Waals surface area contributed by atoms with E-state index in [-0.39, 0.29) is 82.2 Å². The van der Waals surface area contributed by atoms with Crippen molar-refractivity contribution >= 4 is 70.9 Å². The molecule has 3 saturated heterocycles. The van der Waals surface area contributed by atoms with Gasteiger partial charge in [0, 0.05) is 102 Å². The highest BCUT2D eigenvalue weighted by Gasteiger charge is 2.57. The van der Waals surface area contributed by atoms with E-state index in [1.54, 1.807) is 27.7 Å². The predicted molar refractivity (Wildman–Crippen MR) is 388 cm³/mol. The highest BCUT2D eigenvalue weighted by atomic mass is 19.4. The SMILES string of the molecule is CCC[C@H]1C(=O)N[C@@H]([C@@H](C)CC)C(=O)N2CC[C@@H]2C(=O)N(C)[C@H]2C/C(F)=C\CCN(C2=O)[C@@H](Cc2ccc(C(F)(F)F)cc2)C(=O)N(C)CC(=O)N[C@@H](CCc2ccc(C(F)(F)F)c(OC)c2)C(=O)N2C[C@H](OCC)C[C@H]2C(=O)N(C)C2(CCC2)C(=O)N(C)[C@@H](C2CCCC2)C(=O)N(C)[C@H](C(=O)N(C)C)CC(=O)N1C. The third-order valence-corrected chi connectivity index (χ3v) is 23.2. The van der Waals surface area contributed by atoms with Gasteiger partial charge < -0.3 is 69.1 Å². The smallest absolute Gasteiger partial charge is 0.419 e. The lowest BCUT2D eigenvalue weighted by molar-refractivity contribution is -0.166. The molecular formula is C77H107F7N12O14. The van der Waals surface area contributed by atoms with E-state index in [1.807, 2.05) is 0 Å². The van der Waals surface area contributed by atoms with Crippen LogP contribution in [-0.2, 0) is 87.5 Å². The van der Waals surface area contributed by atoms with Gasteiger partial charge in [-0.1, -0.05) is 70.7 Å². The molecule has 11 atom stereocenters. The zero-order valence-electron chi connectivity index (χ0n) is 65.1. The Morgan fingerprint density at radius 1 is 0.664 bits per heavy atom. The first kappa shape index (κ1) is 86.7. The van der Waals surface area contributed by atoms with E-state index in [9.17, 15) is 50.3 Å². The number of benzene rings is 2. The lowest BCUT2D eigenvalue weighted by atomic mass is 9.73. The Morgan fingerprint density at radius 3 is 1.88 bits per heavy atom. The second-order valence-electron chi connectivity index (χ2n) is 30.4. The van der Waals surface area contributed by atoms with Gasteiger partial charge in [0.2, 0.25) is 70.9 Å². The van der Waals surface area contributed by atoms with Crippen LogP contribution in [0.2, 0.25) is 0 Å². The molecule has 2 aromatic carbocycles. The second kappa shape index (κ2) is 36.5. The van der Waals surface area contributed by atoms with Gasteiger partial charge in [0.05, 0.1) is 43.1 Å². The fraction of sp³-hybridized carbons (Fsp3) is 0.662. The first-order valence-electron chi connectivity index (χ1n) is 37.9. The summed E-state index contributed by atoms with van der Waals surface area (Å²) in [4.78, 5) is 194. The summed E-state index contributed by atoms with van der Waals surface area (Å²) in [5.41, 5.74) is -3.49. The summed E-state index contributed by atoms with van der Waals surface area (Å²) in [7, 11) is 11.9. The van der Waals surface area contributed by atoms with E-state index >= 15 is 38.0 Å². The Balaban J connectivity index is 1.24. The Labute approximate surface area is 638 Å². The van der Waals surface area contributed by atoms with Crippen molar-refractivity contribution in [3.63, 3.8) is 0 Å². The lowest BCUT2D eigenvalue weighted by Crippen LogP contribution is -2.68. The van der Waals surface area contributed by atoms with Gasteiger partial charge in [-0.25, -0.2) is 4.39 Å². The quantitative estimate of drug-likeness (QED) is 0.205. The molecule has 1 spiro atoms. The molecule has 5 fully saturated rings. The fourth-order valence-electron chi connectivity index (χ4n) is 16.1. The van der Waals surface area contributed by atoms with Crippen molar-refractivity contribution in [1.82, 2.24) is 59.6 Å². The molecule has 26 nitrogen and oxygen atoms in total. The van der Waals surface area contributed by atoms with Crippen LogP contribution in [0.3, 0.4) is 0 Å². The van der Waals surface area contributed by atoms with Crippen LogP contribution in [0.1, 0.15) is 153 Å². The number of aryl methyl sites for hydroxylation is 1. The average Bonchev–Trinajstić information content (AvgIpc) is 1.14. The third-order valence-electron chi connectivity index (χ3n) is 23.2. The van der Waals surface area contributed by atoms with Crippen LogP contribution in [0.15, 0.2) is 54.4 Å². The maximum Gasteiger partial charge on any atom is 0.419 e. The lowest BCUT2D eigenvalue weighted by Gasteiger charge is -2.51. The van der Waals surface area contributed by atoms with Crippen molar-refractivity contribution in [3.8, 4) is 5.75 Å². The molecule has 4 heterocycles. The van der Waals surface area contributed by atoms with Crippen LogP contribution in [0.5, 0.6) is 5.75 Å². The van der Waals surface area contributed by atoms with Crippen molar-refractivity contribution in [2.75, 3.05) is 96.3 Å². The molecule has 12 amide bonds. The van der Waals surface area contributed by atoms with E-state index in [0.717, 1.165) is 80.1 Å². The molecule has 0 aromatic heterocycles. The molecule has 608 valence electrons. The van der Waals surface area contributed by atoms with Gasteiger partial charge in [-0.15, -0.1) is 0 Å². The van der Waals surface area contributed by atoms with Crippen molar-refractivity contribution in [2.24, 2.45) is 11.8 Å². The van der Waals surface area contributed by atoms with Crippen molar-refractivity contribution in [3.05, 3.63) is 76.6 Å². The second-order valence-corrected chi connectivity index (χ2v) is 30.4. The molecular weight excluding hydrogens is 1450 g/mol. The molecule has 2 bridgehead atoms. The first-order valence-corrected chi connectivity index (χ1v) is 37.9. The van der Waals surface area contributed by atoms with E-state index in [4.69, 9.17) is 9.47 Å². The summed E-state index contributed by atoms with van der Waals surface area (Å²) in [6.07, 6.45) is -8.48. The number of carbonyl (C=O) groups excluding carboxylic acids is 12. The Kier molecular flexibility index (Phi) is 28.8. The number of halogens is 7. The van der Waals surface area contributed by atoms with Gasteiger partial charge in [-0.05, 0) is 118 Å². The monoisotopic (exact) mass is 1560 g/mol. The summed E-state index contributed by atoms with van der Waals surface area (Å²) in [5.74, 6) is -12.2. The van der Waals surface area contributed by atoms with Crippen molar-refractivity contribution < 1.29 is 97.7 Å². The summed E-state index contributed by atoms with van der Waals surface area (Å²) >= 11 is 0. The van der Waals surface area contributed by atoms with Gasteiger partial charge in [0.15, 0.2) is 0 Å². The first-order chi connectivity index (χ1) is 51.8. The number of nitrogens with zero attached hydrogens (tertiary/aromatic N) is 10. The maximum absolute atomic E-state index is 16.1. The third kappa shape index (κ3) is 19.2. The van der Waals surface area contributed by atoms with Gasteiger partial charge in [-0.2, -0.15) is 26.3 Å². The van der Waals surface area contributed by atoms with Gasteiger partial charge in [0.1, 0.15) is 65.7 Å². The minimum absolute atomic E-state index is 0.0155. The minimum atomic E-state index is -4.84. The van der Waals surface area contributed by atoms with Gasteiger partial charge in [0.25, 0.3) is 0 Å². The number of rotatable bonds is 14. The van der Waals surface area contributed by atoms with E-state index in [0.29, 0.717) is 44.9 Å². The molecule has 0 radical (unpaired) electrons. The molecule has 4 aliphatic heterocycles. The number of carbonyl (C=O) groups is 12. The maximum atomic E-state index is 16.1. The predicted octanol–water partition coefficient (Wildman–Crippen LogP) is 6.00. The summed E-state index contributed by atoms with van der Waals surface area (Å²) in [5, 5.41) is 5.53. The van der Waals surface area contributed by atoms with Crippen molar-refractivity contribution in [1.29, 1.82) is 0 Å². The molecule has 33 heteroatoms. The number of nitrogens with one attached hydrogen (secondary N) is 2. The number of hydrogen-bond donors (Lipinski definition) is 2. The number of ether oxygens (including phenoxy) is 2. The standard InChI is InChI=1S/C77H107F7N12O14/c1-14-21-54-65(99)86-63(45(4)15-2)72(106)95-37-33-55(95)69(103)90(9)56-40-50(78)24-19-36-94(71(56)105)58(38-46-25-29-49(30-26-46)76(79,80)81)68(102)88(7)44-61(97)85-53(32-28-47-27-31-52(77(82,83)84)60(39-47)109-13)66(100)96-43-51(110-16-3)41-59(96)70(104)93(12)75(34-20-35-75)74(108)92(11)64(48-22-17-18-23-48)73(107)91(10)57(67(101)87(5)6)42-62(98)89(54)8/h24-27,29-31,39,45,48,51,53-59,63-64H,14-23,28,32-38,40-44H2,1-13H3,(H,85,97)(H,86,99)/b50-24+/t45-,51+,53-,54-,55+,56-,57-,58-,59-,63-,64-/m0/s1. The molecule has 6 aliphatic rings. The van der Waals surface area contributed by atoms with Crippen molar-refractivity contribution in [2.45, 2.75) is 222 Å². The minimum Gasteiger partial charge on any atom is -0.496 e. The normalized spacial score (nSPS) is 27.2. The van der Waals surface area contributed by atoms with Crippen LogP contribution in [0.25, 0.3) is 0 Å². The summed E-state index contributed by atoms with van der Waals surface area (Å²) in [6.45, 7) is 5.41. The number of likely N-dealkylation sites (N-methyl/N-ethyl adjacent to an activating group) is 7. The Hall–Kier alpha value is -8.91. The van der Waals surface area contributed by atoms with E-state index in [1.165, 1.54) is 80.9 Å². The number of methoxy groups -OCH3 is 1. The number of hydrogen-bond acceptors (Lipinski definition) is 14. The molecule has 110 heavy (non-hydrogen) atoms. The van der Waals surface area contributed by atoms with Crippen LogP contribution in [0.4, 0.5) is 30.7 Å². The molecule has 8 rings (SSSR count). The largest absolute Gasteiger partial charge is 0.496 e. The van der Waals surface area contributed by atoms with E-state index in [2.05, 4.69) is 10.6 Å². The van der Waals surface area contributed by atoms with E-state index < -0.39 is 216 Å². The van der Waals surface area contributed by atoms with Crippen LogP contribution in [-0.4, -0.2) is 282 Å². The zero-order chi connectivity index (χ0) is 81.3. The molecule has 2 aliphatic carbocycles. The van der Waals surface area contributed by atoms with Crippen LogP contribution in [0, 0.1) is 11.8 Å². The van der Waals surface area contributed by atoms with Crippen LogP contribution >= 0.6 is 0 Å². The zero-order valence-corrected chi connectivity index (χ0v) is 65.1. The Morgan fingerprint density at radius 2 is 1.32 bits per heavy atom. The van der Waals surface area contributed by atoms with Crippen LogP contribution < -0.4 is 15.4 Å². The molecule has 2 saturated carbocycles. The number of alkyl halides is 6. The van der Waals surface area contributed by atoms with Gasteiger partial charge >= 0.3 is 12.4 Å². The topological polar surface area (TPSA) is 280 Å². The number of amides is 12. The summed E-state index contributed by atoms with van der Waals surface area (Å²) < 4.78 is 112. The fourth-order valence-corrected chi connectivity index (χ4v) is 16.1. The summed E-state index contributed by atoms with van der Waals surface area (Å²) in [6, 6.07) is -6.42. The Bertz CT molecular complexity index is 3760. The molecule has 2 N–H and O–H groups in total. The molecule has 0 unspecified atom stereocenters. The van der Waals surface area contributed by atoms with Gasteiger partial charge in [-0.3, -0.25) is 57.5 Å². The molecule has 2 aromatic rings. The average molecular weight is 1560 g/mol.